The first-order chi connectivity index (χ1) is 12.5. The minimum Gasteiger partial charge on any atom is -0.197 e. The molecule has 1 aliphatic rings. The first-order valence-corrected chi connectivity index (χ1v) is 9.73. The number of hydrogen-bond acceptors (Lipinski definition) is 2. The van der Waals surface area contributed by atoms with Crippen LogP contribution in [0.2, 0.25) is 0 Å². The van der Waals surface area contributed by atoms with Crippen molar-refractivity contribution in [2.75, 3.05) is 0 Å². The van der Waals surface area contributed by atoms with Gasteiger partial charge in [-0.05, 0) is 37.7 Å². The van der Waals surface area contributed by atoms with E-state index in [1.54, 1.807) is 0 Å². The summed E-state index contributed by atoms with van der Waals surface area (Å²) in [5, 5.41) is 20.2. The van der Waals surface area contributed by atoms with Crippen molar-refractivity contribution in [3.05, 3.63) is 60.2 Å². The van der Waals surface area contributed by atoms with Crippen LogP contribution in [0.4, 0.5) is 0 Å². The van der Waals surface area contributed by atoms with Gasteiger partial charge in [0.2, 0.25) is 0 Å². The lowest BCUT2D eigenvalue weighted by Gasteiger charge is -2.34. The zero-order chi connectivity index (χ0) is 19.0. The summed E-state index contributed by atoms with van der Waals surface area (Å²) in [7, 11) is 0. The van der Waals surface area contributed by atoms with Crippen molar-refractivity contribution in [2.45, 2.75) is 58.3 Å². The van der Waals surface area contributed by atoms with E-state index < -0.39 is 5.41 Å². The van der Waals surface area contributed by atoms with Crippen molar-refractivity contribution < 1.29 is 0 Å². The van der Waals surface area contributed by atoms with Crippen LogP contribution in [0.1, 0.15) is 63.9 Å². The van der Waals surface area contributed by atoms with E-state index in [0.717, 1.165) is 11.1 Å². The molecule has 2 nitrogen and oxygen atoms in total. The summed E-state index contributed by atoms with van der Waals surface area (Å²) in [6, 6.07) is 14.8. The normalized spacial score (nSPS) is 18.0. The fourth-order valence-electron chi connectivity index (χ4n) is 4.08. The fourth-order valence-corrected chi connectivity index (χ4v) is 4.08. The molecule has 2 unspecified atom stereocenters. The molecule has 1 fully saturated rings. The fraction of sp³-hybridized carbons (Fsp3) is 0.500. The number of rotatable bonds is 7. The first-order valence-electron chi connectivity index (χ1n) is 9.73. The van der Waals surface area contributed by atoms with Crippen molar-refractivity contribution in [1.29, 1.82) is 10.5 Å². The van der Waals surface area contributed by atoms with Crippen LogP contribution in [-0.4, -0.2) is 0 Å². The monoisotopic (exact) mass is 346 g/mol. The average Bonchev–Trinajstić information content (AvgIpc) is 2.68. The Morgan fingerprint density at radius 3 is 2.35 bits per heavy atom. The molecule has 0 aromatic heterocycles. The van der Waals surface area contributed by atoms with Gasteiger partial charge in [-0.25, -0.2) is 0 Å². The molecule has 0 heterocycles. The van der Waals surface area contributed by atoms with Crippen LogP contribution in [0.5, 0.6) is 0 Å². The third-order valence-corrected chi connectivity index (χ3v) is 5.71. The predicted molar refractivity (Wildman–Crippen MR) is 107 cm³/mol. The van der Waals surface area contributed by atoms with Gasteiger partial charge in [0.05, 0.1) is 12.1 Å². The lowest BCUT2D eigenvalue weighted by molar-refractivity contribution is 0.322. The van der Waals surface area contributed by atoms with Crippen LogP contribution in [-0.2, 0) is 0 Å². The first kappa shape index (κ1) is 20.0. The Bertz CT molecular complexity index is 682. The number of allylic oxidation sites excluding steroid dienone is 3. The second-order valence-electron chi connectivity index (χ2n) is 7.79. The number of hydrogen-bond donors (Lipinski definition) is 0. The molecule has 2 atom stereocenters. The Balaban J connectivity index is 2.35. The van der Waals surface area contributed by atoms with E-state index in [2.05, 4.69) is 30.9 Å². The van der Waals surface area contributed by atoms with Crippen LogP contribution < -0.4 is 0 Å². The Kier molecular flexibility index (Phi) is 7.23. The molecule has 0 spiro atoms. The highest BCUT2D eigenvalue weighted by Gasteiger charge is 2.44. The van der Waals surface area contributed by atoms with Gasteiger partial charge in [0, 0.05) is 11.8 Å². The summed E-state index contributed by atoms with van der Waals surface area (Å²) in [6.45, 7) is 8.03. The second kappa shape index (κ2) is 9.40. The molecule has 0 aliphatic heterocycles. The Morgan fingerprint density at radius 1 is 1.19 bits per heavy atom. The lowest BCUT2D eigenvalue weighted by atomic mass is 9.64. The van der Waals surface area contributed by atoms with E-state index in [9.17, 15) is 10.5 Å². The van der Waals surface area contributed by atoms with Crippen molar-refractivity contribution in [3.8, 4) is 12.1 Å². The molecule has 1 aromatic carbocycles. The maximum atomic E-state index is 10.1. The molecule has 1 saturated carbocycles. The standard InChI is InChI=1S/C24H30N2/c1-19(2)16-23(22-12-8-5-9-13-22)24(17-25,18-26)20(3)14-15-21-10-6-4-7-11-21/h5,8-9,12-15,20-21,23H,1,4,6-7,10-11,16H2,2-3H3/b15-14+. The number of nitriles is 2. The van der Waals surface area contributed by atoms with Crippen LogP contribution in [0.15, 0.2) is 54.6 Å². The van der Waals surface area contributed by atoms with Crippen LogP contribution in [0.3, 0.4) is 0 Å². The van der Waals surface area contributed by atoms with Gasteiger partial charge in [-0.1, -0.05) is 74.2 Å². The van der Waals surface area contributed by atoms with Gasteiger partial charge in [-0.15, -0.1) is 6.58 Å². The summed E-state index contributed by atoms with van der Waals surface area (Å²) < 4.78 is 0. The second-order valence-corrected chi connectivity index (χ2v) is 7.79. The molecular formula is C24H30N2. The predicted octanol–water partition coefficient (Wildman–Crippen LogP) is 6.54. The summed E-state index contributed by atoms with van der Waals surface area (Å²) in [6.07, 6.45) is 11.4. The molecule has 26 heavy (non-hydrogen) atoms. The van der Waals surface area contributed by atoms with Crippen LogP contribution >= 0.6 is 0 Å². The maximum Gasteiger partial charge on any atom is 0.156 e. The van der Waals surface area contributed by atoms with Gasteiger partial charge in [-0.2, -0.15) is 10.5 Å². The van der Waals surface area contributed by atoms with E-state index in [4.69, 9.17) is 0 Å². The summed E-state index contributed by atoms with van der Waals surface area (Å²) >= 11 is 0. The summed E-state index contributed by atoms with van der Waals surface area (Å²) in [5.74, 6) is 0.281. The third-order valence-electron chi connectivity index (χ3n) is 5.71. The molecule has 0 amide bonds. The van der Waals surface area contributed by atoms with Gasteiger partial charge < -0.3 is 0 Å². The van der Waals surface area contributed by atoms with Gasteiger partial charge in [0.15, 0.2) is 5.41 Å². The quantitative estimate of drug-likeness (QED) is 0.526. The van der Waals surface area contributed by atoms with E-state index >= 15 is 0 Å². The molecular weight excluding hydrogens is 316 g/mol. The van der Waals surface area contributed by atoms with E-state index in [1.807, 2.05) is 44.2 Å². The SMILES string of the molecule is C=C(C)CC(c1ccccc1)C(C#N)(C#N)C(C)/C=C/C1CCCCC1. The van der Waals surface area contributed by atoms with Gasteiger partial charge in [0.1, 0.15) is 0 Å². The molecule has 2 heteroatoms. The Labute approximate surface area is 158 Å². The lowest BCUT2D eigenvalue weighted by Crippen LogP contribution is -2.32. The average molecular weight is 347 g/mol. The number of benzene rings is 1. The highest BCUT2D eigenvalue weighted by Crippen LogP contribution is 2.45. The topological polar surface area (TPSA) is 47.6 Å². The third kappa shape index (κ3) is 4.64. The molecule has 136 valence electrons. The van der Waals surface area contributed by atoms with Gasteiger partial charge in [-0.3, -0.25) is 0 Å². The van der Waals surface area contributed by atoms with Crippen molar-refractivity contribution in [3.63, 3.8) is 0 Å². The highest BCUT2D eigenvalue weighted by atomic mass is 14.5. The van der Waals surface area contributed by atoms with Crippen molar-refractivity contribution in [1.82, 2.24) is 0 Å². The smallest absolute Gasteiger partial charge is 0.156 e. The maximum absolute atomic E-state index is 10.1. The molecule has 0 saturated heterocycles. The zero-order valence-corrected chi connectivity index (χ0v) is 16.1. The molecule has 0 bridgehead atoms. The van der Waals surface area contributed by atoms with E-state index in [0.29, 0.717) is 12.3 Å². The van der Waals surface area contributed by atoms with Gasteiger partial charge in [0.25, 0.3) is 0 Å². The van der Waals surface area contributed by atoms with Crippen molar-refractivity contribution >= 4 is 0 Å². The molecule has 1 aromatic rings. The molecule has 0 N–H and O–H groups in total. The molecule has 2 rings (SSSR count). The molecule has 0 radical (unpaired) electrons. The Morgan fingerprint density at radius 2 is 1.81 bits per heavy atom. The van der Waals surface area contributed by atoms with Gasteiger partial charge >= 0.3 is 0 Å². The zero-order valence-electron chi connectivity index (χ0n) is 16.1. The largest absolute Gasteiger partial charge is 0.197 e. The summed E-state index contributed by atoms with van der Waals surface area (Å²) in [4.78, 5) is 0. The summed E-state index contributed by atoms with van der Waals surface area (Å²) in [5.41, 5.74) is 0.944. The van der Waals surface area contributed by atoms with E-state index in [1.165, 1.54) is 32.1 Å². The molecule has 1 aliphatic carbocycles. The van der Waals surface area contributed by atoms with Crippen molar-refractivity contribution in [2.24, 2.45) is 17.3 Å². The van der Waals surface area contributed by atoms with Crippen LogP contribution in [0.25, 0.3) is 0 Å². The van der Waals surface area contributed by atoms with Crippen LogP contribution in [0, 0.1) is 39.9 Å². The minimum absolute atomic E-state index is 0.135. The van der Waals surface area contributed by atoms with E-state index in [-0.39, 0.29) is 11.8 Å². The highest BCUT2D eigenvalue weighted by molar-refractivity contribution is 5.34. The minimum atomic E-state index is -1.09. The number of nitrogens with zero attached hydrogens (tertiary/aromatic N) is 2. The Hall–Kier alpha value is -2.32.